The molecular formula is C9H16N2O4. The van der Waals surface area contributed by atoms with Gasteiger partial charge in [-0.2, -0.15) is 0 Å². The minimum atomic E-state index is -1.19. The van der Waals surface area contributed by atoms with Crippen LogP contribution in [0.15, 0.2) is 0 Å². The summed E-state index contributed by atoms with van der Waals surface area (Å²) in [5.74, 6) is 0.0790. The number of hydrogen-bond donors (Lipinski definition) is 3. The van der Waals surface area contributed by atoms with Crippen molar-refractivity contribution in [3.05, 3.63) is 0 Å². The quantitative estimate of drug-likeness (QED) is 0.592. The van der Waals surface area contributed by atoms with Gasteiger partial charge in [0.25, 0.3) is 0 Å². The van der Waals surface area contributed by atoms with E-state index in [1.54, 1.807) is 4.90 Å². The third-order valence-corrected chi connectivity index (χ3v) is 2.62. The summed E-state index contributed by atoms with van der Waals surface area (Å²) in [6.07, 6.45) is 0.388. The van der Waals surface area contributed by atoms with Gasteiger partial charge in [-0.15, -0.1) is 0 Å². The molecule has 86 valence electrons. The topological polar surface area (TPSA) is 89.9 Å². The largest absolute Gasteiger partial charge is 0.465 e. The molecule has 2 amide bonds. The number of nitrogens with zero attached hydrogens (tertiary/aromatic N) is 1. The molecule has 15 heavy (non-hydrogen) atoms. The van der Waals surface area contributed by atoms with Gasteiger partial charge in [-0.25, -0.2) is 4.79 Å². The molecule has 6 heteroatoms. The van der Waals surface area contributed by atoms with E-state index < -0.39 is 6.09 Å². The van der Waals surface area contributed by atoms with Crippen molar-refractivity contribution in [2.24, 2.45) is 5.92 Å². The lowest BCUT2D eigenvalue weighted by Crippen LogP contribution is -2.44. The number of piperidine rings is 1. The summed E-state index contributed by atoms with van der Waals surface area (Å²) in [5.41, 5.74) is 0. The Bertz CT molecular complexity index is 236. The van der Waals surface area contributed by atoms with Crippen molar-refractivity contribution in [2.75, 3.05) is 26.2 Å². The van der Waals surface area contributed by atoms with Crippen LogP contribution in [0.2, 0.25) is 0 Å². The fourth-order valence-electron chi connectivity index (χ4n) is 1.63. The van der Waals surface area contributed by atoms with E-state index in [4.69, 9.17) is 10.2 Å². The molecule has 0 bridgehead atoms. The lowest BCUT2D eigenvalue weighted by molar-refractivity contribution is -0.131. The number of amides is 2. The Labute approximate surface area is 87.9 Å². The van der Waals surface area contributed by atoms with E-state index in [1.165, 1.54) is 0 Å². The van der Waals surface area contributed by atoms with Gasteiger partial charge in [0.2, 0.25) is 5.91 Å². The van der Waals surface area contributed by atoms with Crippen molar-refractivity contribution in [1.82, 2.24) is 10.2 Å². The molecule has 1 aliphatic heterocycles. The van der Waals surface area contributed by atoms with Crippen molar-refractivity contribution in [3.63, 3.8) is 0 Å². The first-order valence-corrected chi connectivity index (χ1v) is 4.99. The number of aliphatic hydroxyl groups is 1. The number of carbonyl (C=O) groups excluding carboxylic acids is 1. The van der Waals surface area contributed by atoms with E-state index in [1.807, 2.05) is 5.32 Å². The molecule has 0 spiro atoms. The van der Waals surface area contributed by atoms with Crippen LogP contribution in [-0.2, 0) is 4.79 Å². The molecule has 0 atom stereocenters. The van der Waals surface area contributed by atoms with Crippen LogP contribution in [0.4, 0.5) is 4.79 Å². The second kappa shape index (κ2) is 5.55. The second-order valence-electron chi connectivity index (χ2n) is 3.67. The van der Waals surface area contributed by atoms with Gasteiger partial charge in [-0.05, 0) is 18.8 Å². The standard InChI is InChI=1S/C9H16N2O4/c12-6-7-1-3-11(4-2-7)8(13)5-10-9(14)15/h7,10,12H,1-6H2,(H,14,15). The molecular weight excluding hydrogens is 200 g/mol. The molecule has 1 aliphatic rings. The van der Waals surface area contributed by atoms with Crippen molar-refractivity contribution in [1.29, 1.82) is 0 Å². The normalized spacial score (nSPS) is 17.5. The van der Waals surface area contributed by atoms with E-state index in [9.17, 15) is 9.59 Å². The van der Waals surface area contributed by atoms with Gasteiger partial charge in [0.15, 0.2) is 0 Å². The van der Waals surface area contributed by atoms with Crippen LogP contribution in [0, 0.1) is 5.92 Å². The molecule has 1 fully saturated rings. The van der Waals surface area contributed by atoms with Crippen molar-refractivity contribution >= 4 is 12.0 Å². The lowest BCUT2D eigenvalue weighted by atomic mass is 9.98. The van der Waals surface area contributed by atoms with E-state index in [-0.39, 0.29) is 25.0 Å². The van der Waals surface area contributed by atoms with Crippen LogP contribution < -0.4 is 5.32 Å². The summed E-state index contributed by atoms with van der Waals surface area (Å²) >= 11 is 0. The van der Waals surface area contributed by atoms with E-state index in [2.05, 4.69) is 0 Å². The molecule has 0 aliphatic carbocycles. The van der Waals surface area contributed by atoms with Gasteiger partial charge in [0.1, 0.15) is 6.54 Å². The summed E-state index contributed by atoms with van der Waals surface area (Å²) < 4.78 is 0. The van der Waals surface area contributed by atoms with Crippen molar-refractivity contribution in [3.8, 4) is 0 Å². The smallest absolute Gasteiger partial charge is 0.405 e. The van der Waals surface area contributed by atoms with Gasteiger partial charge in [-0.1, -0.05) is 0 Å². The van der Waals surface area contributed by atoms with Crippen LogP contribution in [0.3, 0.4) is 0 Å². The van der Waals surface area contributed by atoms with Crippen molar-refractivity contribution < 1.29 is 19.8 Å². The average Bonchev–Trinajstić information content (AvgIpc) is 2.26. The first-order chi connectivity index (χ1) is 7.13. The third kappa shape index (κ3) is 3.75. The zero-order chi connectivity index (χ0) is 11.3. The SMILES string of the molecule is O=C(O)NCC(=O)N1CCC(CO)CC1. The Morgan fingerprint density at radius 1 is 1.33 bits per heavy atom. The number of nitrogens with one attached hydrogen (secondary N) is 1. The lowest BCUT2D eigenvalue weighted by Gasteiger charge is -2.31. The minimum Gasteiger partial charge on any atom is -0.465 e. The van der Waals surface area contributed by atoms with E-state index in [0.717, 1.165) is 12.8 Å². The molecule has 3 N–H and O–H groups in total. The Balaban J connectivity index is 2.27. The number of likely N-dealkylation sites (tertiary alicyclic amines) is 1. The third-order valence-electron chi connectivity index (χ3n) is 2.62. The van der Waals surface area contributed by atoms with Gasteiger partial charge >= 0.3 is 6.09 Å². The average molecular weight is 216 g/mol. The molecule has 1 rings (SSSR count). The first-order valence-electron chi connectivity index (χ1n) is 4.99. The van der Waals surface area contributed by atoms with Gasteiger partial charge in [0.05, 0.1) is 0 Å². The zero-order valence-electron chi connectivity index (χ0n) is 8.48. The number of hydrogen-bond acceptors (Lipinski definition) is 3. The molecule has 0 aromatic carbocycles. The second-order valence-corrected chi connectivity index (χ2v) is 3.67. The van der Waals surface area contributed by atoms with E-state index in [0.29, 0.717) is 13.1 Å². The molecule has 0 saturated carbocycles. The highest BCUT2D eigenvalue weighted by molar-refractivity contribution is 5.81. The molecule has 1 heterocycles. The van der Waals surface area contributed by atoms with Crippen LogP contribution in [0.25, 0.3) is 0 Å². The Morgan fingerprint density at radius 3 is 2.40 bits per heavy atom. The highest BCUT2D eigenvalue weighted by atomic mass is 16.4. The molecule has 0 aromatic heterocycles. The summed E-state index contributed by atoms with van der Waals surface area (Å²) in [4.78, 5) is 23.2. The summed E-state index contributed by atoms with van der Waals surface area (Å²) in [7, 11) is 0. The van der Waals surface area contributed by atoms with Crippen LogP contribution >= 0.6 is 0 Å². The van der Waals surface area contributed by atoms with Crippen molar-refractivity contribution in [2.45, 2.75) is 12.8 Å². The summed E-state index contributed by atoms with van der Waals surface area (Å²) in [6, 6.07) is 0. The molecule has 1 saturated heterocycles. The van der Waals surface area contributed by atoms with Crippen LogP contribution in [0.1, 0.15) is 12.8 Å². The first kappa shape index (κ1) is 11.8. The van der Waals surface area contributed by atoms with Gasteiger partial charge < -0.3 is 20.4 Å². The Hall–Kier alpha value is -1.30. The van der Waals surface area contributed by atoms with E-state index >= 15 is 0 Å². The molecule has 0 radical (unpaired) electrons. The number of carbonyl (C=O) groups is 2. The maximum atomic E-state index is 11.4. The molecule has 0 unspecified atom stereocenters. The zero-order valence-corrected chi connectivity index (χ0v) is 8.48. The number of rotatable bonds is 3. The summed E-state index contributed by atoms with van der Waals surface area (Å²) in [5, 5.41) is 19.3. The summed E-state index contributed by atoms with van der Waals surface area (Å²) in [6.45, 7) is 1.20. The van der Waals surface area contributed by atoms with Gasteiger partial charge in [-0.3, -0.25) is 4.79 Å². The highest BCUT2D eigenvalue weighted by Crippen LogP contribution is 2.15. The predicted molar refractivity (Wildman–Crippen MR) is 52.4 cm³/mol. The van der Waals surface area contributed by atoms with Gasteiger partial charge in [0, 0.05) is 19.7 Å². The Kier molecular flexibility index (Phi) is 4.36. The monoisotopic (exact) mass is 216 g/mol. The van der Waals surface area contributed by atoms with Crippen LogP contribution in [-0.4, -0.2) is 53.4 Å². The Morgan fingerprint density at radius 2 is 1.93 bits per heavy atom. The predicted octanol–water partition coefficient (Wildman–Crippen LogP) is -0.515. The maximum Gasteiger partial charge on any atom is 0.405 e. The maximum absolute atomic E-state index is 11.4. The molecule has 6 nitrogen and oxygen atoms in total. The minimum absolute atomic E-state index is 0.162. The number of carboxylic acid groups (broad SMARTS) is 1. The van der Waals surface area contributed by atoms with Crippen LogP contribution in [0.5, 0.6) is 0 Å². The fraction of sp³-hybridized carbons (Fsp3) is 0.778. The number of aliphatic hydroxyl groups excluding tert-OH is 1. The fourth-order valence-corrected chi connectivity index (χ4v) is 1.63. The highest BCUT2D eigenvalue weighted by Gasteiger charge is 2.22. The molecule has 0 aromatic rings.